The molecule has 1 saturated carbocycles. The standard InChI is InChI=1S/C13H22N2O5/c1-20-11(17)4-3-9(12(18)19)15-10(16)7-13(8-14)5-2-6-13/h9H,2-8,14H2,1H3,(H,15,16)(H,18,19)/t9-/m1/s1. The first-order chi connectivity index (χ1) is 9.42. The Hall–Kier alpha value is -1.63. The van der Waals surface area contributed by atoms with E-state index in [0.717, 1.165) is 19.3 Å². The van der Waals surface area contributed by atoms with Crippen LogP contribution in [0.15, 0.2) is 0 Å². The van der Waals surface area contributed by atoms with E-state index in [1.807, 2.05) is 0 Å². The molecular weight excluding hydrogens is 264 g/mol. The van der Waals surface area contributed by atoms with Gasteiger partial charge in [0.15, 0.2) is 0 Å². The van der Waals surface area contributed by atoms with Gasteiger partial charge < -0.3 is 20.9 Å². The summed E-state index contributed by atoms with van der Waals surface area (Å²) in [5.74, 6) is -1.98. The number of carboxylic acid groups (broad SMARTS) is 1. The molecule has 0 spiro atoms. The molecule has 1 aliphatic rings. The number of methoxy groups -OCH3 is 1. The Kier molecular flexibility index (Phi) is 5.94. The van der Waals surface area contributed by atoms with E-state index < -0.39 is 18.0 Å². The number of amides is 1. The van der Waals surface area contributed by atoms with Crippen molar-refractivity contribution in [3.8, 4) is 0 Å². The first-order valence-corrected chi connectivity index (χ1v) is 6.71. The normalized spacial score (nSPS) is 17.7. The molecule has 1 rings (SSSR count). The Morgan fingerprint density at radius 3 is 2.45 bits per heavy atom. The van der Waals surface area contributed by atoms with Crippen molar-refractivity contribution < 1.29 is 24.2 Å². The van der Waals surface area contributed by atoms with Gasteiger partial charge in [-0.1, -0.05) is 6.42 Å². The van der Waals surface area contributed by atoms with E-state index >= 15 is 0 Å². The van der Waals surface area contributed by atoms with Gasteiger partial charge in [-0.2, -0.15) is 0 Å². The molecule has 114 valence electrons. The highest BCUT2D eigenvalue weighted by Gasteiger charge is 2.38. The Bertz CT molecular complexity index is 373. The topological polar surface area (TPSA) is 119 Å². The molecule has 7 heteroatoms. The molecule has 1 aliphatic carbocycles. The van der Waals surface area contributed by atoms with E-state index in [9.17, 15) is 14.4 Å². The lowest BCUT2D eigenvalue weighted by atomic mass is 9.66. The molecule has 0 aromatic carbocycles. The van der Waals surface area contributed by atoms with Gasteiger partial charge in [0, 0.05) is 12.8 Å². The maximum Gasteiger partial charge on any atom is 0.326 e. The molecule has 0 aliphatic heterocycles. The van der Waals surface area contributed by atoms with Gasteiger partial charge in [0.1, 0.15) is 6.04 Å². The van der Waals surface area contributed by atoms with Crippen molar-refractivity contribution in [2.24, 2.45) is 11.1 Å². The minimum atomic E-state index is -1.15. The number of aliphatic carboxylic acids is 1. The van der Waals surface area contributed by atoms with Crippen LogP contribution in [-0.4, -0.2) is 42.6 Å². The molecule has 0 heterocycles. The number of carbonyl (C=O) groups excluding carboxylic acids is 2. The highest BCUT2D eigenvalue weighted by Crippen LogP contribution is 2.42. The fraction of sp³-hybridized carbons (Fsp3) is 0.769. The summed E-state index contributed by atoms with van der Waals surface area (Å²) in [6.45, 7) is 0.431. The number of carbonyl (C=O) groups is 3. The monoisotopic (exact) mass is 286 g/mol. The Balaban J connectivity index is 2.46. The van der Waals surface area contributed by atoms with Crippen LogP contribution in [0.25, 0.3) is 0 Å². The zero-order valence-corrected chi connectivity index (χ0v) is 11.7. The molecule has 0 radical (unpaired) electrons. The molecule has 1 amide bonds. The largest absolute Gasteiger partial charge is 0.480 e. The number of esters is 1. The van der Waals surface area contributed by atoms with Crippen LogP contribution >= 0.6 is 0 Å². The van der Waals surface area contributed by atoms with Crippen molar-refractivity contribution >= 4 is 17.8 Å². The fourth-order valence-corrected chi connectivity index (χ4v) is 2.34. The predicted molar refractivity (Wildman–Crippen MR) is 70.8 cm³/mol. The molecule has 0 unspecified atom stereocenters. The maximum absolute atomic E-state index is 11.9. The number of rotatable bonds is 8. The number of hydrogen-bond acceptors (Lipinski definition) is 5. The second kappa shape index (κ2) is 7.23. The smallest absolute Gasteiger partial charge is 0.326 e. The summed E-state index contributed by atoms with van der Waals surface area (Å²) in [5, 5.41) is 11.5. The van der Waals surface area contributed by atoms with Gasteiger partial charge in [-0.15, -0.1) is 0 Å². The zero-order valence-electron chi connectivity index (χ0n) is 11.7. The van der Waals surface area contributed by atoms with Crippen molar-refractivity contribution in [2.75, 3.05) is 13.7 Å². The van der Waals surface area contributed by atoms with Gasteiger partial charge in [0.2, 0.25) is 5.91 Å². The molecule has 0 aromatic rings. The summed E-state index contributed by atoms with van der Waals surface area (Å²) in [4.78, 5) is 34.0. The molecule has 0 saturated heterocycles. The van der Waals surface area contributed by atoms with E-state index in [1.165, 1.54) is 7.11 Å². The third-order valence-corrected chi connectivity index (χ3v) is 3.88. The van der Waals surface area contributed by atoms with Crippen LogP contribution in [0.4, 0.5) is 0 Å². The second-order valence-corrected chi connectivity index (χ2v) is 5.31. The highest BCUT2D eigenvalue weighted by atomic mass is 16.5. The Labute approximate surface area is 117 Å². The molecule has 1 fully saturated rings. The lowest BCUT2D eigenvalue weighted by Crippen LogP contribution is -2.46. The van der Waals surface area contributed by atoms with Crippen molar-refractivity contribution in [3.63, 3.8) is 0 Å². The van der Waals surface area contributed by atoms with Gasteiger partial charge in [-0.25, -0.2) is 4.79 Å². The average molecular weight is 286 g/mol. The second-order valence-electron chi connectivity index (χ2n) is 5.31. The van der Waals surface area contributed by atoms with E-state index in [0.29, 0.717) is 6.54 Å². The molecule has 0 bridgehead atoms. The number of hydrogen-bond donors (Lipinski definition) is 3. The van der Waals surface area contributed by atoms with Crippen molar-refractivity contribution in [1.29, 1.82) is 0 Å². The quantitative estimate of drug-likeness (QED) is 0.542. The lowest BCUT2D eigenvalue weighted by Gasteiger charge is -2.40. The van der Waals surface area contributed by atoms with Crippen molar-refractivity contribution in [3.05, 3.63) is 0 Å². The Morgan fingerprint density at radius 2 is 2.05 bits per heavy atom. The fourth-order valence-electron chi connectivity index (χ4n) is 2.34. The van der Waals surface area contributed by atoms with Gasteiger partial charge in [0.25, 0.3) is 0 Å². The molecule has 4 N–H and O–H groups in total. The van der Waals surface area contributed by atoms with Gasteiger partial charge >= 0.3 is 11.9 Å². The lowest BCUT2D eigenvalue weighted by molar-refractivity contribution is -0.144. The number of carboxylic acids is 1. The first-order valence-electron chi connectivity index (χ1n) is 6.71. The highest BCUT2D eigenvalue weighted by molar-refractivity contribution is 5.84. The van der Waals surface area contributed by atoms with E-state index in [1.54, 1.807) is 0 Å². The number of ether oxygens (including phenoxy) is 1. The number of nitrogens with two attached hydrogens (primary N) is 1. The first kappa shape index (κ1) is 16.4. The molecular formula is C13H22N2O5. The predicted octanol–water partition coefficient (Wildman–Crippen LogP) is 0.0281. The third-order valence-electron chi connectivity index (χ3n) is 3.88. The summed E-state index contributed by atoms with van der Waals surface area (Å²) in [7, 11) is 1.23. The summed E-state index contributed by atoms with van der Waals surface area (Å²) < 4.78 is 4.45. The number of nitrogens with one attached hydrogen (secondary N) is 1. The minimum Gasteiger partial charge on any atom is -0.480 e. The SMILES string of the molecule is COC(=O)CC[C@@H](NC(=O)CC1(CN)CCC1)C(=O)O. The molecule has 1 atom stereocenters. The van der Waals surface area contributed by atoms with E-state index in [2.05, 4.69) is 10.1 Å². The summed E-state index contributed by atoms with van der Waals surface area (Å²) in [6.07, 6.45) is 3.06. The van der Waals surface area contributed by atoms with Gasteiger partial charge in [-0.05, 0) is 31.2 Å². The third kappa shape index (κ3) is 4.48. The summed E-state index contributed by atoms with van der Waals surface area (Å²) >= 11 is 0. The van der Waals surface area contributed by atoms with Crippen LogP contribution in [0.5, 0.6) is 0 Å². The molecule has 7 nitrogen and oxygen atoms in total. The van der Waals surface area contributed by atoms with Crippen LogP contribution in [-0.2, 0) is 19.1 Å². The molecule has 20 heavy (non-hydrogen) atoms. The van der Waals surface area contributed by atoms with Crippen LogP contribution in [0, 0.1) is 5.41 Å². The Morgan fingerprint density at radius 1 is 1.40 bits per heavy atom. The molecule has 0 aromatic heterocycles. The summed E-state index contributed by atoms with van der Waals surface area (Å²) in [5.41, 5.74) is 5.50. The van der Waals surface area contributed by atoms with Crippen molar-refractivity contribution in [2.45, 2.75) is 44.6 Å². The van der Waals surface area contributed by atoms with Gasteiger partial charge in [0.05, 0.1) is 7.11 Å². The van der Waals surface area contributed by atoms with Crippen LogP contribution in [0.3, 0.4) is 0 Å². The van der Waals surface area contributed by atoms with Crippen LogP contribution in [0.1, 0.15) is 38.5 Å². The van der Waals surface area contributed by atoms with Crippen molar-refractivity contribution in [1.82, 2.24) is 5.32 Å². The van der Waals surface area contributed by atoms with Gasteiger partial charge in [-0.3, -0.25) is 9.59 Å². The zero-order chi connectivity index (χ0) is 15.2. The average Bonchev–Trinajstić information content (AvgIpc) is 2.37. The van der Waals surface area contributed by atoms with E-state index in [-0.39, 0.29) is 30.6 Å². The minimum absolute atomic E-state index is 0.0172. The maximum atomic E-state index is 11.9. The summed E-state index contributed by atoms with van der Waals surface area (Å²) in [6, 6.07) is -1.07. The van der Waals surface area contributed by atoms with E-state index in [4.69, 9.17) is 10.8 Å². The van der Waals surface area contributed by atoms with Crippen LogP contribution < -0.4 is 11.1 Å². The van der Waals surface area contributed by atoms with Crippen LogP contribution in [0.2, 0.25) is 0 Å².